The third kappa shape index (κ3) is 3.97. The van der Waals surface area contributed by atoms with E-state index in [0.29, 0.717) is 23.0 Å². The summed E-state index contributed by atoms with van der Waals surface area (Å²) in [5.41, 5.74) is 8.71. The Kier molecular flexibility index (Phi) is 5.09. The van der Waals surface area contributed by atoms with Crippen LogP contribution in [0.15, 0.2) is 36.4 Å². The Morgan fingerprint density at radius 1 is 1.00 bits per heavy atom. The van der Waals surface area contributed by atoms with Crippen LogP contribution in [-0.2, 0) is 16.1 Å². The number of hydrogen-bond acceptors (Lipinski definition) is 5. The molecule has 4 aliphatic rings. The molecule has 1 aliphatic heterocycles. The number of rotatable bonds is 7. The fourth-order valence-electron chi connectivity index (χ4n) is 6.39. The monoisotopic (exact) mass is 498 g/mol. The second kappa shape index (κ2) is 8.39. The summed E-state index contributed by atoms with van der Waals surface area (Å²) in [6.07, 6.45) is 7.23. The number of primary amides is 1. The first-order valence-corrected chi connectivity index (χ1v) is 13.4. The van der Waals surface area contributed by atoms with E-state index in [0.717, 1.165) is 56.2 Å². The highest BCUT2D eigenvalue weighted by atomic mass is 16.2. The van der Waals surface area contributed by atoms with Gasteiger partial charge in [-0.2, -0.15) is 5.10 Å². The van der Waals surface area contributed by atoms with E-state index >= 15 is 0 Å². The highest BCUT2D eigenvalue weighted by molar-refractivity contribution is 6.04. The predicted molar refractivity (Wildman–Crippen MR) is 137 cm³/mol. The fourth-order valence-corrected chi connectivity index (χ4v) is 6.39. The molecule has 0 radical (unpaired) electrons. The van der Waals surface area contributed by atoms with Gasteiger partial charge in [0.1, 0.15) is 18.4 Å². The van der Waals surface area contributed by atoms with Gasteiger partial charge in [-0.15, -0.1) is 0 Å². The number of nitrogens with two attached hydrogens (primary N) is 1. The summed E-state index contributed by atoms with van der Waals surface area (Å²) in [5.74, 6) is 0.735. The lowest BCUT2D eigenvalue weighted by Gasteiger charge is -2.34. The number of nitrogens with zero attached hydrogens (tertiary/aromatic N) is 4. The minimum Gasteiger partial charge on any atom is -0.364 e. The van der Waals surface area contributed by atoms with E-state index in [1.54, 1.807) is 9.58 Å². The van der Waals surface area contributed by atoms with Crippen molar-refractivity contribution in [2.45, 2.75) is 75.4 Å². The Hall–Kier alpha value is -3.75. The van der Waals surface area contributed by atoms with Crippen molar-refractivity contribution in [3.63, 3.8) is 0 Å². The summed E-state index contributed by atoms with van der Waals surface area (Å²) in [6.45, 7) is -0.0414. The number of piperidine rings is 1. The van der Waals surface area contributed by atoms with Crippen LogP contribution in [0.1, 0.15) is 78.5 Å². The van der Waals surface area contributed by atoms with Gasteiger partial charge in [0.2, 0.25) is 11.8 Å². The highest BCUT2D eigenvalue weighted by Gasteiger charge is 2.51. The fraction of sp³-hybridized carbons (Fsp3) is 0.464. The number of amides is 3. The molecule has 3 heterocycles. The Morgan fingerprint density at radius 3 is 2.57 bits per heavy atom. The molecule has 3 atom stereocenters. The normalized spacial score (nSPS) is 24.5. The zero-order chi connectivity index (χ0) is 25.3. The van der Waals surface area contributed by atoms with Crippen molar-refractivity contribution >= 4 is 34.4 Å². The average molecular weight is 499 g/mol. The second-order valence-electron chi connectivity index (χ2n) is 11.1. The van der Waals surface area contributed by atoms with Crippen LogP contribution >= 0.6 is 0 Å². The van der Waals surface area contributed by atoms with Crippen molar-refractivity contribution in [3.05, 3.63) is 53.3 Å². The number of carbonyl (C=O) groups is 3. The molecule has 1 aromatic carbocycles. The Morgan fingerprint density at radius 2 is 1.81 bits per heavy atom. The lowest BCUT2D eigenvalue weighted by atomic mass is 9.97. The van der Waals surface area contributed by atoms with E-state index in [1.165, 1.54) is 5.56 Å². The number of benzene rings is 1. The van der Waals surface area contributed by atoms with Gasteiger partial charge in [0.15, 0.2) is 5.69 Å². The van der Waals surface area contributed by atoms with Crippen molar-refractivity contribution in [3.8, 4) is 0 Å². The first-order valence-electron chi connectivity index (χ1n) is 13.4. The third-order valence-corrected chi connectivity index (χ3v) is 8.50. The molecule has 3 aliphatic carbocycles. The van der Waals surface area contributed by atoms with Gasteiger partial charge in [-0.25, -0.2) is 4.98 Å². The van der Waals surface area contributed by atoms with Crippen molar-refractivity contribution in [2.75, 3.05) is 5.32 Å². The quantitative estimate of drug-likeness (QED) is 0.517. The maximum absolute atomic E-state index is 13.7. The first-order chi connectivity index (χ1) is 18.0. The SMILES string of the molecule is NC(=O)c1nn(CC(=O)N2[C@@H]3CC[C@@H](C3)[C@H]2C(=O)Nc2cccc(C3CC3)n2)c2cc(C3CC3)ccc12. The van der Waals surface area contributed by atoms with Crippen LogP contribution in [0.25, 0.3) is 10.9 Å². The molecule has 9 nitrogen and oxygen atoms in total. The molecular weight excluding hydrogens is 468 g/mol. The molecule has 2 aromatic heterocycles. The summed E-state index contributed by atoms with van der Waals surface area (Å²) in [4.78, 5) is 45.7. The van der Waals surface area contributed by atoms with Crippen molar-refractivity contribution < 1.29 is 14.4 Å². The van der Waals surface area contributed by atoms with E-state index in [-0.39, 0.29) is 36.0 Å². The van der Waals surface area contributed by atoms with Crippen molar-refractivity contribution in [1.82, 2.24) is 19.7 Å². The molecule has 0 unspecified atom stereocenters. The molecular formula is C28H30N6O3. The minimum absolute atomic E-state index is 0.0402. The average Bonchev–Trinajstić information content (AvgIpc) is 3.82. The summed E-state index contributed by atoms with van der Waals surface area (Å²) < 4.78 is 1.59. The van der Waals surface area contributed by atoms with Gasteiger partial charge < -0.3 is 16.0 Å². The largest absolute Gasteiger partial charge is 0.364 e. The van der Waals surface area contributed by atoms with Gasteiger partial charge in [-0.05, 0) is 80.5 Å². The van der Waals surface area contributed by atoms with Crippen LogP contribution in [0.3, 0.4) is 0 Å². The van der Waals surface area contributed by atoms with Crippen LogP contribution in [0.5, 0.6) is 0 Å². The second-order valence-corrected chi connectivity index (χ2v) is 11.1. The van der Waals surface area contributed by atoms with Gasteiger partial charge >= 0.3 is 0 Å². The summed E-state index contributed by atoms with van der Waals surface area (Å²) >= 11 is 0. The number of likely N-dealkylation sites (tertiary alicyclic amines) is 1. The maximum atomic E-state index is 13.7. The molecule has 4 fully saturated rings. The molecule has 37 heavy (non-hydrogen) atoms. The van der Waals surface area contributed by atoms with Crippen LogP contribution in [0, 0.1) is 5.92 Å². The van der Waals surface area contributed by atoms with E-state index < -0.39 is 11.9 Å². The van der Waals surface area contributed by atoms with E-state index in [9.17, 15) is 14.4 Å². The molecule has 1 saturated heterocycles. The van der Waals surface area contributed by atoms with E-state index in [4.69, 9.17) is 5.73 Å². The lowest BCUT2D eigenvalue weighted by molar-refractivity contribution is -0.141. The van der Waals surface area contributed by atoms with Gasteiger partial charge in [-0.1, -0.05) is 18.2 Å². The summed E-state index contributed by atoms with van der Waals surface area (Å²) in [7, 11) is 0. The Balaban J connectivity index is 1.15. The number of aromatic nitrogens is 3. The first kappa shape index (κ1) is 22.4. The topological polar surface area (TPSA) is 123 Å². The van der Waals surface area contributed by atoms with E-state index in [1.807, 2.05) is 36.4 Å². The molecule has 9 heteroatoms. The minimum atomic E-state index is -0.617. The predicted octanol–water partition coefficient (Wildman–Crippen LogP) is 3.30. The smallest absolute Gasteiger partial charge is 0.269 e. The lowest BCUT2D eigenvalue weighted by Crippen LogP contribution is -2.52. The van der Waals surface area contributed by atoms with Crippen molar-refractivity contribution in [1.29, 1.82) is 0 Å². The molecule has 3 aromatic rings. The van der Waals surface area contributed by atoms with Crippen LogP contribution in [0.4, 0.5) is 5.82 Å². The Labute approximate surface area is 214 Å². The zero-order valence-corrected chi connectivity index (χ0v) is 20.6. The molecule has 2 bridgehead atoms. The van der Waals surface area contributed by atoms with Gasteiger partial charge in [0.25, 0.3) is 5.91 Å². The van der Waals surface area contributed by atoms with Gasteiger partial charge in [-0.3, -0.25) is 19.1 Å². The highest BCUT2D eigenvalue weighted by Crippen LogP contribution is 2.44. The molecule has 3 N–H and O–H groups in total. The summed E-state index contributed by atoms with van der Waals surface area (Å²) in [6, 6.07) is 11.2. The third-order valence-electron chi connectivity index (χ3n) is 8.50. The number of fused-ring (bicyclic) bond motifs is 3. The molecule has 3 saturated carbocycles. The Bertz CT molecular complexity index is 1440. The van der Waals surface area contributed by atoms with Crippen LogP contribution in [0.2, 0.25) is 0 Å². The number of pyridine rings is 1. The number of anilines is 1. The van der Waals surface area contributed by atoms with Crippen LogP contribution in [-0.4, -0.2) is 49.5 Å². The van der Waals surface area contributed by atoms with Crippen molar-refractivity contribution in [2.24, 2.45) is 11.7 Å². The molecule has 3 amide bonds. The van der Waals surface area contributed by atoms with Gasteiger partial charge in [0, 0.05) is 23.0 Å². The molecule has 0 spiro atoms. The number of hydrogen-bond donors (Lipinski definition) is 2. The van der Waals surface area contributed by atoms with Gasteiger partial charge in [0.05, 0.1) is 5.52 Å². The molecule has 7 rings (SSSR count). The number of nitrogens with one attached hydrogen (secondary N) is 1. The summed E-state index contributed by atoms with van der Waals surface area (Å²) in [5, 5.41) is 8.08. The van der Waals surface area contributed by atoms with Crippen LogP contribution < -0.4 is 11.1 Å². The number of carbonyl (C=O) groups excluding carboxylic acids is 3. The maximum Gasteiger partial charge on any atom is 0.269 e. The standard InChI is InChI=1S/C28H30N6O3/c29-27(36)25-20-11-9-17(15-4-5-15)13-22(20)33(32-25)14-24(35)34-19-10-8-18(12-19)26(34)28(37)31-23-3-1-2-21(30-23)16-6-7-16/h1-3,9,11,13,15-16,18-19,26H,4-8,10,12,14H2,(H2,29,36)(H,30,31,37)/t18-,19+,26-/m0/s1. The molecule has 190 valence electrons. The van der Waals surface area contributed by atoms with E-state index in [2.05, 4.69) is 15.4 Å². The zero-order valence-electron chi connectivity index (χ0n) is 20.6.